The Bertz CT molecular complexity index is 735. The first-order valence-corrected chi connectivity index (χ1v) is 6.42. The van der Waals surface area contributed by atoms with Gasteiger partial charge in [-0.2, -0.15) is 0 Å². The summed E-state index contributed by atoms with van der Waals surface area (Å²) in [6, 6.07) is 4.66. The van der Waals surface area contributed by atoms with Gasteiger partial charge in [-0.3, -0.25) is 4.90 Å². The smallest absolute Gasteiger partial charge is 0.415 e. The zero-order valence-electron chi connectivity index (χ0n) is 11.3. The molecule has 7 nitrogen and oxygen atoms in total. The van der Waals surface area contributed by atoms with Crippen LogP contribution in [0.3, 0.4) is 0 Å². The number of benzene rings is 1. The molecule has 1 aromatic carbocycles. The maximum Gasteiger partial charge on any atom is 0.415 e. The lowest BCUT2D eigenvalue weighted by Crippen LogP contribution is -2.28. The number of carboxylic acid groups (broad SMARTS) is 2. The molecule has 1 amide bonds. The van der Waals surface area contributed by atoms with Crippen LogP contribution < -0.4 is 4.74 Å². The second kappa shape index (κ2) is 5.28. The van der Waals surface area contributed by atoms with Gasteiger partial charge in [0.1, 0.15) is 5.75 Å². The Kier molecular flexibility index (Phi) is 3.30. The van der Waals surface area contributed by atoms with E-state index in [0.717, 1.165) is 10.5 Å². The van der Waals surface area contributed by atoms with E-state index in [2.05, 4.69) is 0 Å². The molecule has 7 heteroatoms. The molecule has 0 radical (unpaired) electrons. The van der Waals surface area contributed by atoms with Crippen molar-refractivity contribution < 1.29 is 24.5 Å². The van der Waals surface area contributed by atoms with E-state index in [1.54, 1.807) is 18.3 Å². The lowest BCUT2D eigenvalue weighted by molar-refractivity contribution is 0.0696. The molecule has 0 atom stereocenters. The van der Waals surface area contributed by atoms with Gasteiger partial charge in [0.2, 0.25) is 0 Å². The number of rotatable bonds is 1. The molecule has 0 saturated heterocycles. The van der Waals surface area contributed by atoms with Crippen molar-refractivity contribution in [2.24, 2.45) is 0 Å². The van der Waals surface area contributed by atoms with E-state index in [1.165, 1.54) is 30.8 Å². The van der Waals surface area contributed by atoms with Crippen LogP contribution in [-0.2, 0) is 6.54 Å². The van der Waals surface area contributed by atoms with Crippen LogP contribution >= 0.6 is 0 Å². The lowest BCUT2D eigenvalue weighted by atomic mass is 10.1. The molecular weight excluding hydrogens is 288 g/mol. The van der Waals surface area contributed by atoms with Crippen molar-refractivity contribution in [1.29, 1.82) is 0 Å². The van der Waals surface area contributed by atoms with Gasteiger partial charge >= 0.3 is 12.1 Å². The monoisotopic (exact) mass is 300 g/mol. The van der Waals surface area contributed by atoms with Crippen LogP contribution in [0, 0.1) is 0 Å². The van der Waals surface area contributed by atoms with E-state index in [0.29, 0.717) is 18.0 Å². The third-order valence-corrected chi connectivity index (χ3v) is 3.32. The average molecular weight is 300 g/mol. The van der Waals surface area contributed by atoms with Gasteiger partial charge in [0, 0.05) is 24.2 Å². The van der Waals surface area contributed by atoms with E-state index in [4.69, 9.17) is 14.9 Å². The fourth-order valence-electron chi connectivity index (χ4n) is 2.19. The summed E-state index contributed by atoms with van der Waals surface area (Å²) in [7, 11) is 0. The van der Waals surface area contributed by atoms with Crippen molar-refractivity contribution in [3.05, 3.63) is 66.0 Å². The third kappa shape index (κ3) is 2.51. The number of amides is 1. The average Bonchev–Trinajstić information content (AvgIpc) is 2.46. The van der Waals surface area contributed by atoms with Gasteiger partial charge in [0.15, 0.2) is 0 Å². The van der Waals surface area contributed by atoms with E-state index in [-0.39, 0.29) is 5.56 Å². The number of hydrogen-bond acceptors (Lipinski definition) is 4. The number of aromatic carboxylic acids is 1. The summed E-state index contributed by atoms with van der Waals surface area (Å²) in [4.78, 5) is 24.9. The standard InChI is InChI=1S/C15H12N2O5/c18-14(19)10-1-2-11-8-16-4-5-17(15(20)21)9-12(16)3-6-22-13(11)7-10/h1-7,9H,8H2,(H,18,19)(H,20,21). The highest BCUT2D eigenvalue weighted by Gasteiger charge is 2.19. The number of carboxylic acids is 1. The number of allylic oxidation sites excluding steroid dienone is 1. The zero-order chi connectivity index (χ0) is 15.7. The van der Waals surface area contributed by atoms with Crippen molar-refractivity contribution in [2.75, 3.05) is 0 Å². The Balaban J connectivity index is 1.94. The number of fused-ring (bicyclic) bond motifs is 2. The molecule has 0 unspecified atom stereocenters. The van der Waals surface area contributed by atoms with E-state index in [1.807, 2.05) is 4.90 Å². The predicted molar refractivity (Wildman–Crippen MR) is 75.8 cm³/mol. The van der Waals surface area contributed by atoms with Gasteiger partial charge in [0.05, 0.1) is 24.1 Å². The molecule has 2 N–H and O–H groups in total. The molecule has 2 aliphatic rings. The minimum Gasteiger partial charge on any atom is -0.478 e. The molecule has 0 saturated carbocycles. The highest BCUT2D eigenvalue weighted by atomic mass is 16.5. The summed E-state index contributed by atoms with van der Waals surface area (Å²) < 4.78 is 5.46. The van der Waals surface area contributed by atoms with Crippen LogP contribution in [0.1, 0.15) is 15.9 Å². The molecular formula is C15H12N2O5. The molecule has 112 valence electrons. The first-order valence-electron chi connectivity index (χ1n) is 6.42. The highest BCUT2D eigenvalue weighted by Crippen LogP contribution is 2.28. The van der Waals surface area contributed by atoms with Crippen LogP contribution in [0.25, 0.3) is 0 Å². The van der Waals surface area contributed by atoms with Crippen LogP contribution in [0.2, 0.25) is 0 Å². The molecule has 0 aliphatic carbocycles. The minimum absolute atomic E-state index is 0.148. The third-order valence-electron chi connectivity index (χ3n) is 3.32. The fraction of sp³-hybridized carbons (Fsp3) is 0.0667. The van der Waals surface area contributed by atoms with Gasteiger partial charge in [-0.25, -0.2) is 9.59 Å². The van der Waals surface area contributed by atoms with Gasteiger partial charge in [-0.1, -0.05) is 6.07 Å². The molecule has 1 aromatic rings. The lowest BCUT2D eigenvalue weighted by Gasteiger charge is -2.29. The predicted octanol–water partition coefficient (Wildman–Crippen LogP) is 2.40. The molecule has 0 fully saturated rings. The van der Waals surface area contributed by atoms with Crippen molar-refractivity contribution in [3.8, 4) is 5.75 Å². The molecule has 22 heavy (non-hydrogen) atoms. The van der Waals surface area contributed by atoms with Crippen molar-refractivity contribution >= 4 is 12.1 Å². The zero-order valence-corrected chi connectivity index (χ0v) is 11.3. The number of hydrogen-bond donors (Lipinski definition) is 2. The number of ether oxygens (including phenoxy) is 1. The molecule has 0 spiro atoms. The minimum atomic E-state index is -1.08. The fourth-order valence-corrected chi connectivity index (χ4v) is 2.19. The van der Waals surface area contributed by atoms with Crippen LogP contribution in [0.4, 0.5) is 4.79 Å². The Morgan fingerprint density at radius 2 is 2.00 bits per heavy atom. The largest absolute Gasteiger partial charge is 0.478 e. The molecule has 2 aliphatic heterocycles. The molecule has 3 rings (SSSR count). The molecule has 0 bridgehead atoms. The van der Waals surface area contributed by atoms with Crippen LogP contribution in [0.15, 0.2) is 54.8 Å². The summed E-state index contributed by atoms with van der Waals surface area (Å²) in [5.74, 6) is -0.558. The Hall–Kier alpha value is -3.22. The number of nitrogens with zero attached hydrogens (tertiary/aromatic N) is 2. The topological polar surface area (TPSA) is 90.3 Å². The summed E-state index contributed by atoms with van der Waals surface area (Å²) >= 11 is 0. The molecule has 0 aromatic heterocycles. The second-order valence-corrected chi connectivity index (χ2v) is 4.72. The summed E-state index contributed by atoms with van der Waals surface area (Å²) in [6.45, 7) is 0.440. The quantitative estimate of drug-likeness (QED) is 0.827. The SMILES string of the molecule is O=C(O)c1ccc2c(c1)OC=CC1=CN(C(=O)O)C=CN1C2. The first-order chi connectivity index (χ1) is 10.5. The number of carbonyl (C=O) groups is 2. The molecule has 2 heterocycles. The van der Waals surface area contributed by atoms with Crippen molar-refractivity contribution in [2.45, 2.75) is 6.54 Å². The maximum atomic E-state index is 11.0. The van der Waals surface area contributed by atoms with Gasteiger partial charge in [0.25, 0.3) is 0 Å². The summed E-state index contributed by atoms with van der Waals surface area (Å²) in [5, 5.41) is 18.0. The maximum absolute atomic E-state index is 11.0. The summed E-state index contributed by atoms with van der Waals surface area (Å²) in [6.07, 6.45) is 6.50. The second-order valence-electron chi connectivity index (χ2n) is 4.72. The van der Waals surface area contributed by atoms with Gasteiger partial charge in [-0.15, -0.1) is 0 Å². The first kappa shape index (κ1) is 13.7. The summed E-state index contributed by atoms with van der Waals surface area (Å²) in [5.41, 5.74) is 1.60. The van der Waals surface area contributed by atoms with E-state index >= 15 is 0 Å². The van der Waals surface area contributed by atoms with E-state index in [9.17, 15) is 9.59 Å². The van der Waals surface area contributed by atoms with Crippen molar-refractivity contribution in [3.63, 3.8) is 0 Å². The highest BCUT2D eigenvalue weighted by molar-refractivity contribution is 5.88. The normalized spacial score (nSPS) is 15.9. The van der Waals surface area contributed by atoms with Gasteiger partial charge < -0.3 is 19.8 Å². The Morgan fingerprint density at radius 1 is 1.18 bits per heavy atom. The Morgan fingerprint density at radius 3 is 2.73 bits per heavy atom. The van der Waals surface area contributed by atoms with Crippen LogP contribution in [-0.4, -0.2) is 32.1 Å². The Labute approximate surface area is 125 Å². The van der Waals surface area contributed by atoms with Gasteiger partial charge in [-0.05, 0) is 18.2 Å². The van der Waals surface area contributed by atoms with Crippen molar-refractivity contribution in [1.82, 2.24) is 9.80 Å². The van der Waals surface area contributed by atoms with Crippen LogP contribution in [0.5, 0.6) is 5.75 Å². The van der Waals surface area contributed by atoms with E-state index < -0.39 is 12.1 Å².